The van der Waals surface area contributed by atoms with Crippen LogP contribution in [0.2, 0.25) is 5.02 Å². The Hall–Kier alpha value is -3.35. The fourth-order valence-electron chi connectivity index (χ4n) is 5.78. The first-order valence-electron chi connectivity index (χ1n) is 12.2. The molecule has 0 radical (unpaired) electrons. The Kier molecular flexibility index (Phi) is 6.98. The van der Waals surface area contributed by atoms with Gasteiger partial charge < -0.3 is 10.4 Å². The minimum absolute atomic E-state index is 0.0111. The molecule has 2 unspecified atom stereocenters. The van der Waals surface area contributed by atoms with E-state index >= 15 is 0 Å². The van der Waals surface area contributed by atoms with E-state index in [0.29, 0.717) is 12.8 Å². The molecule has 5 rings (SSSR count). The lowest BCUT2D eigenvalue weighted by Crippen LogP contribution is -2.52. The molecule has 1 amide bonds. The van der Waals surface area contributed by atoms with E-state index in [4.69, 9.17) is 11.6 Å². The van der Waals surface area contributed by atoms with Crippen molar-refractivity contribution in [1.29, 1.82) is 0 Å². The van der Waals surface area contributed by atoms with Gasteiger partial charge in [0, 0.05) is 29.6 Å². The second kappa shape index (κ2) is 10.00. The van der Waals surface area contributed by atoms with E-state index in [1.807, 2.05) is 0 Å². The van der Waals surface area contributed by atoms with Crippen molar-refractivity contribution in [2.75, 3.05) is 5.32 Å². The number of nitrogens with one attached hydrogen (secondary N) is 2. The lowest BCUT2D eigenvalue weighted by Gasteiger charge is -2.42. The van der Waals surface area contributed by atoms with Gasteiger partial charge in [0.2, 0.25) is 0 Å². The molecule has 13 heteroatoms. The van der Waals surface area contributed by atoms with Crippen molar-refractivity contribution in [3.63, 3.8) is 0 Å². The summed E-state index contributed by atoms with van der Waals surface area (Å²) in [7, 11) is -4.05. The van der Waals surface area contributed by atoms with Crippen molar-refractivity contribution < 1.29 is 27.1 Å². The number of H-pyrrole nitrogens is 1. The van der Waals surface area contributed by atoms with Crippen molar-refractivity contribution in [3.05, 3.63) is 91.7 Å². The first-order chi connectivity index (χ1) is 18.4. The molecule has 2 aromatic carbocycles. The molecule has 0 aliphatic heterocycles. The number of carbonyl (C=O) groups is 1. The molecule has 0 saturated heterocycles. The number of carbonyl (C=O) groups excluding carboxylic acids is 1. The van der Waals surface area contributed by atoms with Gasteiger partial charge in [0.1, 0.15) is 0 Å². The van der Waals surface area contributed by atoms with E-state index in [9.17, 15) is 36.7 Å². The molecule has 2 saturated carbocycles. The molecular formula is C26H24ClF2N3O6S. The lowest BCUT2D eigenvalue weighted by atomic mass is 9.74. The third kappa shape index (κ3) is 5.04. The number of hydrogen-bond donors (Lipinski definition) is 3. The first kappa shape index (κ1) is 27.2. The summed E-state index contributed by atoms with van der Waals surface area (Å²) >= 11 is 6.27. The van der Waals surface area contributed by atoms with Crippen LogP contribution in [-0.4, -0.2) is 39.8 Å². The van der Waals surface area contributed by atoms with Gasteiger partial charge >= 0.3 is 5.69 Å². The van der Waals surface area contributed by atoms with E-state index < -0.39 is 61.3 Å². The third-order valence-corrected chi connectivity index (χ3v) is 10.5. The topological polar surface area (TPSA) is 138 Å². The molecule has 3 N–H and O–H groups in total. The number of aromatic nitrogens is 2. The van der Waals surface area contributed by atoms with Crippen LogP contribution in [0.4, 0.5) is 14.5 Å². The van der Waals surface area contributed by atoms with Gasteiger partial charge in [0.05, 0.1) is 27.3 Å². The summed E-state index contributed by atoms with van der Waals surface area (Å²) in [5.74, 6) is -3.81. The highest BCUT2D eigenvalue weighted by atomic mass is 35.5. The van der Waals surface area contributed by atoms with Gasteiger partial charge in [-0.05, 0) is 67.9 Å². The second-order valence-electron chi connectivity index (χ2n) is 10.1. The summed E-state index contributed by atoms with van der Waals surface area (Å²) in [6, 6.07) is 7.77. The molecule has 2 atom stereocenters. The Morgan fingerprint density at radius 3 is 2.41 bits per heavy atom. The molecular weight excluding hydrogens is 556 g/mol. The van der Waals surface area contributed by atoms with Gasteiger partial charge in [-0.1, -0.05) is 11.6 Å². The molecule has 39 heavy (non-hydrogen) atoms. The molecule has 206 valence electrons. The Bertz CT molecular complexity index is 1680. The smallest absolute Gasteiger partial charge is 0.328 e. The number of sulfone groups is 1. The lowest BCUT2D eigenvalue weighted by molar-refractivity contribution is -0.0722. The number of benzene rings is 2. The number of rotatable bonds is 6. The Morgan fingerprint density at radius 1 is 1.08 bits per heavy atom. The number of amides is 1. The van der Waals surface area contributed by atoms with Crippen LogP contribution in [0.1, 0.15) is 36.0 Å². The number of aromatic amines is 1. The largest absolute Gasteiger partial charge is 0.387 e. The predicted octanol–water partition coefficient (Wildman–Crippen LogP) is 3.11. The van der Waals surface area contributed by atoms with Crippen LogP contribution in [0, 0.1) is 23.5 Å². The molecule has 2 fully saturated rings. The molecule has 2 aliphatic carbocycles. The minimum atomic E-state index is -4.05. The third-order valence-electron chi connectivity index (χ3n) is 7.81. The van der Waals surface area contributed by atoms with Gasteiger partial charge in [-0.3, -0.25) is 19.1 Å². The van der Waals surface area contributed by atoms with Gasteiger partial charge in [0.25, 0.3) is 11.5 Å². The van der Waals surface area contributed by atoms with E-state index in [0.717, 1.165) is 18.2 Å². The molecule has 2 bridgehead atoms. The summed E-state index contributed by atoms with van der Waals surface area (Å²) in [4.78, 5) is 38.2. The van der Waals surface area contributed by atoms with Gasteiger partial charge in [-0.15, -0.1) is 0 Å². The van der Waals surface area contributed by atoms with E-state index in [1.165, 1.54) is 35.0 Å². The maximum Gasteiger partial charge on any atom is 0.328 e. The maximum absolute atomic E-state index is 13.7. The zero-order valence-corrected chi connectivity index (χ0v) is 21.9. The number of aliphatic hydroxyl groups is 1. The highest BCUT2D eigenvalue weighted by molar-refractivity contribution is 7.92. The number of hydrogen-bond acceptors (Lipinski definition) is 6. The minimum Gasteiger partial charge on any atom is -0.387 e. The average Bonchev–Trinajstić information content (AvgIpc) is 3.04. The van der Waals surface area contributed by atoms with E-state index in [-0.39, 0.29) is 40.6 Å². The Labute approximate surface area is 226 Å². The van der Waals surface area contributed by atoms with E-state index in [2.05, 4.69) is 10.3 Å². The van der Waals surface area contributed by atoms with Gasteiger partial charge in [0.15, 0.2) is 21.5 Å². The fourth-order valence-corrected chi connectivity index (χ4v) is 8.18. The number of halogens is 3. The number of fused-ring (bicyclic) bond motifs is 2. The summed E-state index contributed by atoms with van der Waals surface area (Å²) in [6.07, 6.45) is 2.67. The van der Waals surface area contributed by atoms with Crippen molar-refractivity contribution in [1.82, 2.24) is 9.55 Å². The zero-order chi connectivity index (χ0) is 28.1. The molecule has 3 aromatic rings. The zero-order valence-electron chi connectivity index (χ0n) is 20.4. The Morgan fingerprint density at radius 2 is 1.77 bits per heavy atom. The number of anilines is 1. The molecule has 1 heterocycles. The fraction of sp³-hybridized carbons (Fsp3) is 0.346. The van der Waals surface area contributed by atoms with Crippen LogP contribution in [-0.2, 0) is 16.4 Å². The molecule has 0 spiro atoms. The normalized spacial score (nSPS) is 24.5. The quantitative estimate of drug-likeness (QED) is 0.410. The van der Waals surface area contributed by atoms with Crippen molar-refractivity contribution in [3.8, 4) is 0 Å². The van der Waals surface area contributed by atoms with Crippen molar-refractivity contribution >= 4 is 33.0 Å². The number of nitrogens with zero attached hydrogens (tertiary/aromatic N) is 1. The summed E-state index contributed by atoms with van der Waals surface area (Å²) in [5.41, 5.74) is -2.60. The summed E-state index contributed by atoms with van der Waals surface area (Å²) in [6.45, 7) is -0.0783. The monoisotopic (exact) mass is 579 g/mol. The average molecular weight is 580 g/mol. The van der Waals surface area contributed by atoms with Crippen LogP contribution in [0.3, 0.4) is 0 Å². The van der Waals surface area contributed by atoms with E-state index in [1.54, 1.807) is 0 Å². The van der Waals surface area contributed by atoms with Gasteiger partial charge in [-0.2, -0.15) is 0 Å². The van der Waals surface area contributed by atoms with Crippen LogP contribution in [0.15, 0.2) is 63.1 Å². The van der Waals surface area contributed by atoms with Crippen LogP contribution < -0.4 is 16.6 Å². The SMILES string of the molecule is O=C(Nc1ccc(F)c(F)c1)c1ccc(Cl)c(S(=O)(=O)[C@H]2CC3CCC(C2)[C@]3(O)Cn2ccc(=O)[nH]c2=O)c1. The van der Waals surface area contributed by atoms with Crippen molar-refractivity contribution in [2.45, 2.75) is 48.0 Å². The highest BCUT2D eigenvalue weighted by Gasteiger charge is 2.56. The molecule has 1 aromatic heterocycles. The maximum atomic E-state index is 13.7. The van der Waals surface area contributed by atoms with Crippen molar-refractivity contribution in [2.24, 2.45) is 11.8 Å². The van der Waals surface area contributed by atoms with Crippen LogP contribution >= 0.6 is 11.6 Å². The van der Waals surface area contributed by atoms with Crippen LogP contribution in [0.5, 0.6) is 0 Å². The van der Waals surface area contributed by atoms with Gasteiger partial charge in [-0.25, -0.2) is 22.0 Å². The highest BCUT2D eigenvalue weighted by Crippen LogP contribution is 2.52. The molecule has 2 aliphatic rings. The standard InChI is InChI=1S/C26H24ClF2N3O6S/c27-19-5-1-14(24(34)30-17-4-6-20(28)21(29)12-17)9-22(19)39(37,38)18-10-15-2-3-16(11-18)26(15,36)13-32-8-7-23(33)31-25(32)35/h1,4-9,12,15-16,18,36H,2-3,10-11,13H2,(H,30,34)(H,31,33,35)/t15?,16?,18-,26-. The predicted molar refractivity (Wildman–Crippen MR) is 138 cm³/mol. The summed E-state index contributed by atoms with van der Waals surface area (Å²) < 4.78 is 55.4. The second-order valence-corrected chi connectivity index (χ2v) is 12.7. The summed E-state index contributed by atoms with van der Waals surface area (Å²) in [5, 5.41) is 13.0. The van der Waals surface area contributed by atoms with Crippen LogP contribution in [0.25, 0.3) is 0 Å². The Balaban J connectivity index is 1.38. The molecule has 9 nitrogen and oxygen atoms in total. The first-order valence-corrected chi connectivity index (χ1v) is 14.1.